The van der Waals surface area contributed by atoms with E-state index in [1.165, 1.54) is 0 Å². The summed E-state index contributed by atoms with van der Waals surface area (Å²) in [5.74, 6) is -0.252. The van der Waals surface area contributed by atoms with E-state index in [9.17, 15) is 25.3 Å². The molecule has 1 atom stereocenters. The molecule has 0 heterocycles. The maximum absolute atomic E-state index is 10.4. The maximum Gasteiger partial charge on any atom is 0.290 e. The summed E-state index contributed by atoms with van der Waals surface area (Å²) in [4.78, 5) is 19.3. The van der Waals surface area contributed by atoms with Gasteiger partial charge in [0.25, 0.3) is 11.2 Å². The van der Waals surface area contributed by atoms with Crippen molar-refractivity contribution in [1.29, 1.82) is 0 Å². The largest absolute Gasteiger partial charge is 0.508 e. The van der Waals surface area contributed by atoms with Crippen molar-refractivity contribution in [2.75, 3.05) is 0 Å². The van der Waals surface area contributed by atoms with Crippen molar-refractivity contribution in [3.8, 4) is 5.75 Å². The van der Waals surface area contributed by atoms with Crippen LogP contribution in [0.2, 0.25) is 0 Å². The molecule has 0 saturated carbocycles. The van der Waals surface area contributed by atoms with Crippen LogP contribution in [0.1, 0.15) is 5.56 Å². The second kappa shape index (κ2) is 4.75. The summed E-state index contributed by atoms with van der Waals surface area (Å²) < 4.78 is 0. The Bertz CT molecular complexity index is 436. The van der Waals surface area contributed by atoms with E-state index in [1.54, 1.807) is 0 Å². The summed E-state index contributed by atoms with van der Waals surface area (Å²) in [6, 6.07) is 3.28. The van der Waals surface area contributed by atoms with E-state index in [4.69, 9.17) is 11.6 Å². The van der Waals surface area contributed by atoms with Crippen LogP contribution in [0, 0.1) is 20.2 Å². The van der Waals surface area contributed by atoms with Crippen molar-refractivity contribution in [3.05, 3.63) is 44.0 Å². The van der Waals surface area contributed by atoms with E-state index >= 15 is 0 Å². The lowest BCUT2D eigenvalue weighted by atomic mass is 10.1. The van der Waals surface area contributed by atoms with Gasteiger partial charge in [-0.15, -0.1) is 0 Å². The lowest BCUT2D eigenvalue weighted by Crippen LogP contribution is -2.15. The van der Waals surface area contributed by atoms with Gasteiger partial charge in [0.1, 0.15) is 5.75 Å². The number of rotatable bonds is 4. The van der Waals surface area contributed by atoms with Crippen molar-refractivity contribution in [1.82, 2.24) is 0 Å². The number of phenolic OH excluding ortho intramolecular Hbond substituents is 1. The maximum atomic E-state index is 10.4. The fraction of sp³-hybridized carbons (Fsp3) is 0.250. The van der Waals surface area contributed by atoms with Crippen molar-refractivity contribution in [2.45, 2.75) is 11.9 Å². The number of hydrogen-bond donors (Lipinski definition) is 1. The molecular formula is C8H7ClN2O5. The van der Waals surface area contributed by atoms with Crippen molar-refractivity contribution < 1.29 is 15.0 Å². The van der Waals surface area contributed by atoms with Gasteiger partial charge in [-0.3, -0.25) is 20.2 Å². The van der Waals surface area contributed by atoms with Crippen LogP contribution in [0.4, 0.5) is 5.69 Å². The van der Waals surface area contributed by atoms with Gasteiger partial charge in [0.05, 0.1) is 11.3 Å². The van der Waals surface area contributed by atoms with Crippen molar-refractivity contribution >= 4 is 17.3 Å². The number of nitrogens with zero attached hydrogens (tertiary/aromatic N) is 2. The molecule has 8 heteroatoms. The van der Waals surface area contributed by atoms with Crippen LogP contribution in [0.3, 0.4) is 0 Å². The van der Waals surface area contributed by atoms with Gasteiger partial charge in [0.15, 0.2) is 0 Å². The molecule has 1 unspecified atom stereocenters. The second-order valence-electron chi connectivity index (χ2n) is 2.99. The summed E-state index contributed by atoms with van der Waals surface area (Å²) in [6.45, 7) is 0. The average molecular weight is 247 g/mol. The molecule has 1 aromatic carbocycles. The lowest BCUT2D eigenvalue weighted by Gasteiger charge is -2.04. The number of halogens is 1. The highest BCUT2D eigenvalue weighted by Gasteiger charge is 2.20. The molecule has 0 fully saturated rings. The highest BCUT2D eigenvalue weighted by molar-refractivity contribution is 6.19. The molecule has 16 heavy (non-hydrogen) atoms. The Morgan fingerprint density at radius 3 is 2.50 bits per heavy atom. The summed E-state index contributed by atoms with van der Waals surface area (Å²) in [7, 11) is 0. The SMILES string of the molecule is O=[N+]([O-])c1ccc(O)c(CC(Cl)[N+](=O)[O-])c1. The number of nitro groups is 2. The summed E-state index contributed by atoms with van der Waals surface area (Å²) in [5, 5.41) is 30.1. The van der Waals surface area contributed by atoms with E-state index in [-0.39, 0.29) is 23.4 Å². The molecule has 0 radical (unpaired) electrons. The first-order valence-electron chi connectivity index (χ1n) is 4.15. The number of hydrogen-bond acceptors (Lipinski definition) is 5. The predicted octanol–water partition coefficient (Wildman–Crippen LogP) is 1.68. The van der Waals surface area contributed by atoms with Gasteiger partial charge in [-0.1, -0.05) is 0 Å². The molecule has 7 nitrogen and oxygen atoms in total. The Kier molecular flexibility index (Phi) is 3.62. The van der Waals surface area contributed by atoms with Crippen LogP contribution in [0.15, 0.2) is 18.2 Å². The van der Waals surface area contributed by atoms with Crippen LogP contribution in [0.5, 0.6) is 5.75 Å². The molecule has 0 spiro atoms. The van der Waals surface area contributed by atoms with Crippen LogP contribution >= 0.6 is 11.6 Å². The Balaban J connectivity index is 2.98. The summed E-state index contributed by atoms with van der Waals surface area (Å²) in [5.41, 5.74) is -1.60. The van der Waals surface area contributed by atoms with Gasteiger partial charge in [-0.05, 0) is 17.7 Å². The minimum absolute atomic E-state index is 0.0749. The Morgan fingerprint density at radius 1 is 1.38 bits per heavy atom. The molecule has 0 aliphatic rings. The number of alkyl halides is 1. The van der Waals surface area contributed by atoms with Gasteiger partial charge in [0.2, 0.25) is 0 Å². The van der Waals surface area contributed by atoms with Crippen molar-refractivity contribution in [2.24, 2.45) is 0 Å². The fourth-order valence-corrected chi connectivity index (χ4v) is 1.27. The van der Waals surface area contributed by atoms with Gasteiger partial charge < -0.3 is 5.11 Å². The molecule has 0 bridgehead atoms. The van der Waals surface area contributed by atoms with Crippen LogP contribution < -0.4 is 0 Å². The molecule has 1 rings (SSSR count). The number of phenols is 1. The highest BCUT2D eigenvalue weighted by Crippen LogP contribution is 2.25. The van der Waals surface area contributed by atoms with E-state index in [0.29, 0.717) is 0 Å². The zero-order valence-electron chi connectivity index (χ0n) is 7.87. The topological polar surface area (TPSA) is 107 Å². The minimum atomic E-state index is -1.42. The first kappa shape index (κ1) is 12.2. The molecule has 0 aliphatic heterocycles. The molecule has 0 aliphatic carbocycles. The van der Waals surface area contributed by atoms with Gasteiger partial charge in [0, 0.05) is 22.6 Å². The Labute approximate surface area is 94.6 Å². The quantitative estimate of drug-likeness (QED) is 0.376. The third-order valence-corrected chi connectivity index (χ3v) is 2.20. The van der Waals surface area contributed by atoms with E-state index in [0.717, 1.165) is 18.2 Å². The minimum Gasteiger partial charge on any atom is -0.508 e. The zero-order chi connectivity index (χ0) is 12.3. The first-order chi connectivity index (χ1) is 7.41. The van der Waals surface area contributed by atoms with Gasteiger partial charge in [-0.2, -0.15) is 0 Å². The fourth-order valence-electron chi connectivity index (χ4n) is 1.10. The standard InChI is InChI=1S/C8H7ClN2O5/c9-8(11(15)16)4-5-3-6(10(13)14)1-2-7(5)12/h1-3,8,12H,4H2. The van der Waals surface area contributed by atoms with Crippen LogP contribution in [-0.4, -0.2) is 20.5 Å². The lowest BCUT2D eigenvalue weighted by molar-refractivity contribution is -0.497. The number of nitro benzene ring substituents is 1. The monoisotopic (exact) mass is 246 g/mol. The van der Waals surface area contributed by atoms with E-state index in [1.807, 2.05) is 0 Å². The smallest absolute Gasteiger partial charge is 0.290 e. The van der Waals surface area contributed by atoms with E-state index in [2.05, 4.69) is 0 Å². The molecule has 1 aromatic rings. The normalized spacial score (nSPS) is 12.1. The Hall–Kier alpha value is -1.89. The molecule has 0 saturated heterocycles. The molecular weight excluding hydrogens is 240 g/mol. The predicted molar refractivity (Wildman–Crippen MR) is 55.1 cm³/mol. The second-order valence-corrected chi connectivity index (χ2v) is 3.50. The molecule has 1 N–H and O–H groups in total. The zero-order valence-corrected chi connectivity index (χ0v) is 8.63. The molecule has 0 amide bonds. The Morgan fingerprint density at radius 2 is 2.00 bits per heavy atom. The number of non-ortho nitro benzene ring substituents is 1. The van der Waals surface area contributed by atoms with Gasteiger partial charge in [-0.25, -0.2) is 0 Å². The first-order valence-corrected chi connectivity index (χ1v) is 4.59. The van der Waals surface area contributed by atoms with Crippen molar-refractivity contribution in [3.63, 3.8) is 0 Å². The van der Waals surface area contributed by atoms with Crippen LogP contribution in [-0.2, 0) is 6.42 Å². The van der Waals surface area contributed by atoms with E-state index < -0.39 is 15.3 Å². The van der Waals surface area contributed by atoms with Crippen LogP contribution in [0.25, 0.3) is 0 Å². The highest BCUT2D eigenvalue weighted by atomic mass is 35.5. The van der Waals surface area contributed by atoms with Gasteiger partial charge >= 0.3 is 0 Å². The third-order valence-electron chi connectivity index (χ3n) is 1.89. The average Bonchev–Trinajstić information content (AvgIpc) is 2.20. The summed E-state index contributed by atoms with van der Waals surface area (Å²) in [6.07, 6.45) is -0.276. The molecule has 0 aromatic heterocycles. The number of aromatic hydroxyl groups is 1. The third kappa shape index (κ3) is 2.80. The summed E-state index contributed by atoms with van der Waals surface area (Å²) >= 11 is 5.37. The number of benzene rings is 1. The molecule has 86 valence electrons.